The number of carbonyl (C=O) groups excluding carboxylic acids is 2. The molecule has 0 saturated heterocycles. The molecule has 0 aliphatic carbocycles. The van der Waals surface area contributed by atoms with Gasteiger partial charge >= 0.3 is 0 Å². The van der Waals surface area contributed by atoms with Crippen molar-refractivity contribution in [2.75, 3.05) is 7.11 Å². The normalized spacial score (nSPS) is 9.76. The van der Waals surface area contributed by atoms with E-state index in [0.717, 1.165) is 11.3 Å². The molecule has 0 radical (unpaired) electrons. The van der Waals surface area contributed by atoms with E-state index in [9.17, 15) is 9.59 Å². The molecular weight excluding hydrogens is 218 g/mol. The maximum absolute atomic E-state index is 11.4. The van der Waals surface area contributed by atoms with Crippen molar-refractivity contribution in [2.24, 2.45) is 0 Å². The molecule has 92 valence electrons. The van der Waals surface area contributed by atoms with Crippen LogP contribution in [-0.4, -0.2) is 18.8 Å². The number of rotatable bonds is 6. The summed E-state index contributed by atoms with van der Waals surface area (Å²) in [6.45, 7) is 1.96. The van der Waals surface area contributed by atoms with Crippen LogP contribution < -0.4 is 10.1 Å². The number of benzene rings is 1. The molecule has 1 amide bonds. The average Bonchev–Trinajstić information content (AvgIpc) is 2.34. The van der Waals surface area contributed by atoms with Crippen molar-refractivity contribution in [3.05, 3.63) is 29.8 Å². The zero-order chi connectivity index (χ0) is 12.7. The molecule has 0 heterocycles. The SMILES string of the molecule is COc1ccc(CNC(=O)CCC(C)=O)cc1. The van der Waals surface area contributed by atoms with Crippen LogP contribution >= 0.6 is 0 Å². The number of ketones is 1. The van der Waals surface area contributed by atoms with Crippen molar-refractivity contribution in [1.29, 1.82) is 0 Å². The van der Waals surface area contributed by atoms with Gasteiger partial charge in [-0.1, -0.05) is 12.1 Å². The summed E-state index contributed by atoms with van der Waals surface area (Å²) in [5, 5.41) is 2.76. The standard InChI is InChI=1S/C13H17NO3/c1-10(15)3-8-13(16)14-9-11-4-6-12(17-2)7-5-11/h4-7H,3,8-9H2,1-2H3,(H,14,16). The second-order valence-electron chi connectivity index (χ2n) is 3.83. The minimum Gasteiger partial charge on any atom is -0.497 e. The van der Waals surface area contributed by atoms with Crippen LogP contribution in [0.25, 0.3) is 0 Å². The molecule has 4 nitrogen and oxygen atoms in total. The van der Waals surface area contributed by atoms with Crippen LogP contribution in [0.4, 0.5) is 0 Å². The van der Waals surface area contributed by atoms with Gasteiger partial charge in [-0.05, 0) is 24.6 Å². The Morgan fingerprint density at radius 2 is 1.82 bits per heavy atom. The predicted octanol–water partition coefficient (Wildman–Crippen LogP) is 1.68. The summed E-state index contributed by atoms with van der Waals surface area (Å²) < 4.78 is 5.03. The molecule has 0 spiro atoms. The lowest BCUT2D eigenvalue weighted by Crippen LogP contribution is -2.22. The summed E-state index contributed by atoms with van der Waals surface area (Å²) in [5.41, 5.74) is 1.00. The molecule has 0 atom stereocenters. The van der Waals surface area contributed by atoms with Crippen molar-refractivity contribution in [2.45, 2.75) is 26.3 Å². The smallest absolute Gasteiger partial charge is 0.220 e. The van der Waals surface area contributed by atoms with Gasteiger partial charge in [-0.2, -0.15) is 0 Å². The van der Waals surface area contributed by atoms with Crippen molar-refractivity contribution >= 4 is 11.7 Å². The molecule has 1 rings (SSSR count). The maximum atomic E-state index is 11.4. The lowest BCUT2D eigenvalue weighted by atomic mass is 10.2. The summed E-state index contributed by atoms with van der Waals surface area (Å²) in [4.78, 5) is 22.1. The highest BCUT2D eigenvalue weighted by Gasteiger charge is 2.03. The largest absolute Gasteiger partial charge is 0.497 e. The number of nitrogens with one attached hydrogen (secondary N) is 1. The van der Waals surface area contributed by atoms with Gasteiger partial charge in [0, 0.05) is 19.4 Å². The molecule has 0 bridgehead atoms. The molecular formula is C13H17NO3. The van der Waals surface area contributed by atoms with E-state index in [1.54, 1.807) is 7.11 Å². The zero-order valence-corrected chi connectivity index (χ0v) is 10.2. The average molecular weight is 235 g/mol. The Kier molecular flexibility index (Phi) is 5.20. The molecule has 1 aromatic rings. The van der Waals surface area contributed by atoms with E-state index in [1.807, 2.05) is 24.3 Å². The molecule has 0 aliphatic rings. The molecule has 0 unspecified atom stereocenters. The quantitative estimate of drug-likeness (QED) is 0.816. The van der Waals surface area contributed by atoms with Crippen molar-refractivity contribution in [1.82, 2.24) is 5.32 Å². The first-order valence-corrected chi connectivity index (χ1v) is 5.51. The van der Waals surface area contributed by atoms with Gasteiger partial charge in [0.1, 0.15) is 11.5 Å². The highest BCUT2D eigenvalue weighted by Crippen LogP contribution is 2.10. The monoisotopic (exact) mass is 235 g/mol. The van der Waals surface area contributed by atoms with Crippen LogP contribution in [-0.2, 0) is 16.1 Å². The molecule has 0 fully saturated rings. The number of hydrogen-bond donors (Lipinski definition) is 1. The first-order chi connectivity index (χ1) is 8.11. The van der Waals surface area contributed by atoms with Crippen molar-refractivity contribution < 1.29 is 14.3 Å². The third-order valence-electron chi connectivity index (χ3n) is 2.35. The fourth-order valence-corrected chi connectivity index (χ4v) is 1.32. The third kappa shape index (κ3) is 5.15. The molecule has 1 aromatic carbocycles. The van der Waals surface area contributed by atoms with Crippen LogP contribution in [0, 0.1) is 0 Å². The second kappa shape index (κ2) is 6.68. The molecule has 0 aliphatic heterocycles. The highest BCUT2D eigenvalue weighted by molar-refractivity contribution is 5.83. The predicted molar refractivity (Wildman–Crippen MR) is 64.8 cm³/mol. The Morgan fingerprint density at radius 3 is 2.35 bits per heavy atom. The van der Waals surface area contributed by atoms with E-state index in [1.165, 1.54) is 6.92 Å². The lowest BCUT2D eigenvalue weighted by Gasteiger charge is -2.05. The summed E-state index contributed by atoms with van der Waals surface area (Å²) in [6, 6.07) is 7.47. The van der Waals surface area contributed by atoms with E-state index in [4.69, 9.17) is 4.74 Å². The molecule has 0 saturated carbocycles. The maximum Gasteiger partial charge on any atom is 0.220 e. The van der Waals surface area contributed by atoms with Crippen LogP contribution in [0.15, 0.2) is 24.3 Å². The third-order valence-corrected chi connectivity index (χ3v) is 2.35. The highest BCUT2D eigenvalue weighted by atomic mass is 16.5. The Balaban J connectivity index is 2.34. The summed E-state index contributed by atoms with van der Waals surface area (Å²) in [5.74, 6) is 0.720. The fourth-order valence-electron chi connectivity index (χ4n) is 1.32. The lowest BCUT2D eigenvalue weighted by molar-refractivity contribution is -0.124. The molecule has 4 heteroatoms. The van der Waals surface area contributed by atoms with Gasteiger partial charge in [0.15, 0.2) is 0 Å². The van der Waals surface area contributed by atoms with Gasteiger partial charge in [-0.25, -0.2) is 0 Å². The number of carbonyl (C=O) groups is 2. The molecule has 1 N–H and O–H groups in total. The molecule has 17 heavy (non-hydrogen) atoms. The van der Waals surface area contributed by atoms with Gasteiger partial charge in [0.25, 0.3) is 0 Å². The Bertz CT molecular complexity index is 384. The molecule has 0 aromatic heterocycles. The minimum atomic E-state index is -0.101. The topological polar surface area (TPSA) is 55.4 Å². The number of Topliss-reactive ketones (excluding diaryl/α,β-unsaturated/α-hetero) is 1. The zero-order valence-electron chi connectivity index (χ0n) is 10.2. The van der Waals surface area contributed by atoms with Gasteiger partial charge in [-0.15, -0.1) is 0 Å². The van der Waals surface area contributed by atoms with E-state index < -0.39 is 0 Å². The minimum absolute atomic E-state index is 0.0320. The van der Waals surface area contributed by atoms with E-state index in [-0.39, 0.29) is 18.1 Å². The Hall–Kier alpha value is -1.84. The van der Waals surface area contributed by atoms with E-state index in [2.05, 4.69) is 5.32 Å². The second-order valence-corrected chi connectivity index (χ2v) is 3.83. The van der Waals surface area contributed by atoms with Gasteiger partial charge in [-0.3, -0.25) is 4.79 Å². The Morgan fingerprint density at radius 1 is 1.18 bits per heavy atom. The summed E-state index contributed by atoms with van der Waals surface area (Å²) in [7, 11) is 1.61. The van der Waals surface area contributed by atoms with Crippen LogP contribution in [0.5, 0.6) is 5.75 Å². The fraction of sp³-hybridized carbons (Fsp3) is 0.385. The van der Waals surface area contributed by atoms with Crippen LogP contribution in [0.2, 0.25) is 0 Å². The number of methoxy groups -OCH3 is 1. The number of amides is 1. The van der Waals surface area contributed by atoms with E-state index in [0.29, 0.717) is 13.0 Å². The Labute approximate surface area is 101 Å². The summed E-state index contributed by atoms with van der Waals surface area (Å²) in [6.07, 6.45) is 0.555. The van der Waals surface area contributed by atoms with Crippen molar-refractivity contribution in [3.8, 4) is 5.75 Å². The number of ether oxygens (including phenoxy) is 1. The van der Waals surface area contributed by atoms with Gasteiger partial charge < -0.3 is 14.8 Å². The summed E-state index contributed by atoms with van der Waals surface area (Å²) >= 11 is 0. The first kappa shape index (κ1) is 13.2. The first-order valence-electron chi connectivity index (χ1n) is 5.51. The van der Waals surface area contributed by atoms with E-state index >= 15 is 0 Å². The van der Waals surface area contributed by atoms with Crippen LogP contribution in [0.1, 0.15) is 25.3 Å². The van der Waals surface area contributed by atoms with Crippen molar-refractivity contribution in [3.63, 3.8) is 0 Å². The van der Waals surface area contributed by atoms with Gasteiger partial charge in [0.05, 0.1) is 7.11 Å². The number of hydrogen-bond acceptors (Lipinski definition) is 3. The van der Waals surface area contributed by atoms with Crippen LogP contribution in [0.3, 0.4) is 0 Å². The van der Waals surface area contributed by atoms with Gasteiger partial charge in [0.2, 0.25) is 5.91 Å².